The second-order valence-corrected chi connectivity index (χ2v) is 8.32. The molecule has 6 heteroatoms. The molecule has 0 aromatic rings. The summed E-state index contributed by atoms with van der Waals surface area (Å²) >= 11 is 0. The second kappa shape index (κ2) is 5.79. The Balaban J connectivity index is 1.75. The van der Waals surface area contributed by atoms with Crippen molar-refractivity contribution < 1.29 is 13.2 Å². The average molecular weight is 288 g/mol. The summed E-state index contributed by atoms with van der Waals surface area (Å²) in [5.41, 5.74) is -0.560. The van der Waals surface area contributed by atoms with Crippen LogP contribution in [0.1, 0.15) is 45.4 Å². The molecule has 2 N–H and O–H groups in total. The maximum absolute atomic E-state index is 11.9. The van der Waals surface area contributed by atoms with Crippen molar-refractivity contribution in [3.05, 3.63) is 0 Å². The van der Waals surface area contributed by atoms with Gasteiger partial charge < -0.3 is 10.6 Å². The van der Waals surface area contributed by atoms with Gasteiger partial charge in [0.15, 0.2) is 9.84 Å². The molecule has 2 aliphatic rings. The minimum atomic E-state index is -2.96. The lowest BCUT2D eigenvalue weighted by Gasteiger charge is -2.26. The van der Waals surface area contributed by atoms with Crippen LogP contribution in [0.4, 0.5) is 0 Å². The summed E-state index contributed by atoms with van der Waals surface area (Å²) in [4.78, 5) is 11.9. The van der Waals surface area contributed by atoms with Gasteiger partial charge in [-0.3, -0.25) is 4.79 Å². The minimum Gasteiger partial charge on any atom is -0.350 e. The number of nitrogens with one attached hydrogen (secondary N) is 2. The fraction of sp³-hybridized carbons (Fsp3) is 0.923. The third kappa shape index (κ3) is 4.45. The van der Waals surface area contributed by atoms with Gasteiger partial charge in [-0.1, -0.05) is 6.42 Å². The van der Waals surface area contributed by atoms with Crippen molar-refractivity contribution in [1.82, 2.24) is 10.6 Å². The fourth-order valence-corrected chi connectivity index (χ4v) is 5.08. The van der Waals surface area contributed by atoms with Gasteiger partial charge in [0.05, 0.1) is 17.0 Å². The zero-order valence-electron chi connectivity index (χ0n) is 11.6. The number of piperidine rings is 1. The lowest BCUT2D eigenvalue weighted by Crippen LogP contribution is -2.47. The maximum atomic E-state index is 11.9. The van der Waals surface area contributed by atoms with Crippen LogP contribution in [-0.2, 0) is 14.6 Å². The van der Waals surface area contributed by atoms with Crippen LogP contribution in [0.25, 0.3) is 0 Å². The van der Waals surface area contributed by atoms with Gasteiger partial charge in [-0.25, -0.2) is 8.42 Å². The fourth-order valence-electron chi connectivity index (χ4n) is 2.98. The molecule has 0 aromatic heterocycles. The van der Waals surface area contributed by atoms with Crippen molar-refractivity contribution in [3.8, 4) is 0 Å². The van der Waals surface area contributed by atoms with Gasteiger partial charge in [0.1, 0.15) is 0 Å². The quantitative estimate of drug-likeness (QED) is 0.794. The molecule has 5 nitrogen and oxygen atoms in total. The van der Waals surface area contributed by atoms with E-state index in [0.717, 1.165) is 19.4 Å². The summed E-state index contributed by atoms with van der Waals surface area (Å²) in [7, 11) is -2.96. The molecule has 0 aliphatic carbocycles. The molecule has 2 unspecified atom stereocenters. The van der Waals surface area contributed by atoms with Crippen molar-refractivity contribution in [2.45, 2.75) is 57.0 Å². The third-order valence-electron chi connectivity index (χ3n) is 4.08. The van der Waals surface area contributed by atoms with E-state index in [-0.39, 0.29) is 17.4 Å². The first kappa shape index (κ1) is 14.8. The molecule has 0 spiro atoms. The Morgan fingerprint density at radius 3 is 2.79 bits per heavy atom. The summed E-state index contributed by atoms with van der Waals surface area (Å²) in [5.74, 6) is 0.244. The largest absolute Gasteiger partial charge is 0.350 e. The molecule has 2 fully saturated rings. The van der Waals surface area contributed by atoms with Crippen LogP contribution in [0.5, 0.6) is 0 Å². The van der Waals surface area contributed by atoms with E-state index in [4.69, 9.17) is 0 Å². The van der Waals surface area contributed by atoms with Gasteiger partial charge in [-0.2, -0.15) is 0 Å². The van der Waals surface area contributed by atoms with Gasteiger partial charge in [-0.05, 0) is 39.2 Å². The zero-order valence-corrected chi connectivity index (χ0v) is 12.4. The van der Waals surface area contributed by atoms with Crippen LogP contribution in [0, 0.1) is 0 Å². The van der Waals surface area contributed by atoms with Crippen molar-refractivity contribution >= 4 is 15.7 Å². The van der Waals surface area contributed by atoms with Gasteiger partial charge >= 0.3 is 0 Å². The zero-order chi connectivity index (χ0) is 13.9. The Hall–Kier alpha value is -0.620. The summed E-state index contributed by atoms with van der Waals surface area (Å²) < 4.78 is 22.9. The number of amides is 1. The molecule has 2 saturated heterocycles. The van der Waals surface area contributed by atoms with Gasteiger partial charge in [0.25, 0.3) is 0 Å². The topological polar surface area (TPSA) is 75.3 Å². The molecule has 2 rings (SSSR count). The predicted octanol–water partition coefficient (Wildman–Crippen LogP) is 0.602. The van der Waals surface area contributed by atoms with Crippen molar-refractivity contribution in [2.75, 3.05) is 18.1 Å². The maximum Gasteiger partial charge on any atom is 0.220 e. The van der Waals surface area contributed by atoms with E-state index in [1.165, 1.54) is 12.8 Å². The lowest BCUT2D eigenvalue weighted by molar-refractivity contribution is -0.122. The number of hydrogen-bond donors (Lipinski definition) is 2. The van der Waals surface area contributed by atoms with Crippen LogP contribution >= 0.6 is 0 Å². The van der Waals surface area contributed by atoms with Crippen molar-refractivity contribution in [3.63, 3.8) is 0 Å². The van der Waals surface area contributed by atoms with E-state index in [1.807, 2.05) is 6.92 Å². The van der Waals surface area contributed by atoms with E-state index in [0.29, 0.717) is 18.9 Å². The molecule has 2 aliphatic heterocycles. The van der Waals surface area contributed by atoms with Crippen LogP contribution in [0.2, 0.25) is 0 Å². The molecule has 19 heavy (non-hydrogen) atoms. The molecule has 2 atom stereocenters. The van der Waals surface area contributed by atoms with E-state index in [9.17, 15) is 13.2 Å². The molecule has 0 radical (unpaired) electrons. The summed E-state index contributed by atoms with van der Waals surface area (Å²) in [5, 5.41) is 6.32. The van der Waals surface area contributed by atoms with Crippen molar-refractivity contribution in [2.24, 2.45) is 0 Å². The number of rotatable bonds is 4. The van der Waals surface area contributed by atoms with E-state index < -0.39 is 15.4 Å². The smallest absolute Gasteiger partial charge is 0.220 e. The van der Waals surface area contributed by atoms with Crippen LogP contribution < -0.4 is 10.6 Å². The molecule has 0 aromatic carbocycles. The Bertz CT molecular complexity index is 429. The van der Waals surface area contributed by atoms with E-state index >= 15 is 0 Å². The van der Waals surface area contributed by atoms with Gasteiger partial charge in [-0.15, -0.1) is 0 Å². The number of carbonyl (C=O) groups is 1. The van der Waals surface area contributed by atoms with Crippen LogP contribution in [0.15, 0.2) is 0 Å². The second-order valence-electron chi connectivity index (χ2n) is 6.14. The highest BCUT2D eigenvalue weighted by Crippen LogP contribution is 2.23. The Morgan fingerprint density at radius 1 is 1.42 bits per heavy atom. The minimum absolute atomic E-state index is 0.0213. The van der Waals surface area contributed by atoms with Gasteiger partial charge in [0, 0.05) is 12.5 Å². The first-order valence-electron chi connectivity index (χ1n) is 7.13. The molecular weight excluding hydrogens is 264 g/mol. The van der Waals surface area contributed by atoms with Crippen LogP contribution in [-0.4, -0.2) is 44.0 Å². The summed E-state index contributed by atoms with van der Waals surface area (Å²) in [6.45, 7) is 2.87. The van der Waals surface area contributed by atoms with E-state index in [1.54, 1.807) is 0 Å². The Kier molecular flexibility index (Phi) is 4.50. The molecule has 1 amide bonds. The molecule has 0 saturated carbocycles. The highest BCUT2D eigenvalue weighted by atomic mass is 32.2. The highest BCUT2D eigenvalue weighted by Gasteiger charge is 2.39. The lowest BCUT2D eigenvalue weighted by atomic mass is 9.99. The van der Waals surface area contributed by atoms with E-state index in [2.05, 4.69) is 10.6 Å². The van der Waals surface area contributed by atoms with Crippen LogP contribution in [0.3, 0.4) is 0 Å². The molecule has 2 heterocycles. The van der Waals surface area contributed by atoms with Gasteiger partial charge in [0.2, 0.25) is 5.91 Å². The first-order valence-corrected chi connectivity index (χ1v) is 8.96. The Morgan fingerprint density at radius 2 is 2.21 bits per heavy atom. The summed E-state index contributed by atoms with van der Waals surface area (Å²) in [6, 6.07) is 0.444. The average Bonchev–Trinajstić information content (AvgIpc) is 2.62. The molecule has 110 valence electrons. The molecular formula is C13H24N2O3S. The number of hydrogen-bond acceptors (Lipinski definition) is 4. The number of carbonyl (C=O) groups excluding carboxylic acids is 1. The monoisotopic (exact) mass is 288 g/mol. The highest BCUT2D eigenvalue weighted by molar-refractivity contribution is 7.91. The summed E-state index contributed by atoms with van der Waals surface area (Å²) in [6.07, 6.45) is 5.44. The van der Waals surface area contributed by atoms with Crippen molar-refractivity contribution in [1.29, 1.82) is 0 Å². The third-order valence-corrected chi connectivity index (χ3v) is 5.98. The first-order chi connectivity index (χ1) is 8.89. The Labute approximate surface area is 115 Å². The SMILES string of the molecule is CC1(NC(=O)CCC2CCCCN2)CCS(=O)(=O)C1. The normalized spacial score (nSPS) is 34.1. The predicted molar refractivity (Wildman–Crippen MR) is 74.7 cm³/mol. The molecule has 0 bridgehead atoms. The standard InChI is InChI=1S/C13H24N2O3S/c1-13(7-9-19(17,18)10-13)15-12(16)6-5-11-4-2-3-8-14-11/h11,14H,2-10H2,1H3,(H,15,16). The number of sulfone groups is 1.